The molecular weight excluding hydrogens is 238 g/mol. The van der Waals surface area contributed by atoms with Gasteiger partial charge in [0.2, 0.25) is 0 Å². The summed E-state index contributed by atoms with van der Waals surface area (Å²) in [5.74, 6) is 1.31. The third-order valence-corrected chi connectivity index (χ3v) is 3.85. The number of carbonyl (C=O) groups is 1. The van der Waals surface area contributed by atoms with Crippen LogP contribution in [0.15, 0.2) is 24.3 Å². The van der Waals surface area contributed by atoms with Crippen molar-refractivity contribution in [1.82, 2.24) is 5.32 Å². The fourth-order valence-corrected chi connectivity index (χ4v) is 2.56. The SMILES string of the molecule is Cc1ccc(OCC(=O)N[C@H]2CCCC[C@@H]2C)cc1. The Morgan fingerprint density at radius 3 is 2.63 bits per heavy atom. The second-order valence-electron chi connectivity index (χ2n) is 5.54. The van der Waals surface area contributed by atoms with Gasteiger partial charge in [0.15, 0.2) is 6.61 Å². The maximum atomic E-state index is 11.9. The molecule has 0 saturated heterocycles. The number of nitrogens with one attached hydrogen (secondary N) is 1. The van der Waals surface area contributed by atoms with E-state index in [2.05, 4.69) is 12.2 Å². The normalized spacial score (nSPS) is 22.8. The molecule has 1 saturated carbocycles. The first-order chi connectivity index (χ1) is 9.15. The summed E-state index contributed by atoms with van der Waals surface area (Å²) in [6.07, 6.45) is 4.81. The summed E-state index contributed by atoms with van der Waals surface area (Å²) in [7, 11) is 0. The van der Waals surface area contributed by atoms with E-state index in [1.165, 1.54) is 24.8 Å². The zero-order valence-corrected chi connectivity index (χ0v) is 11.8. The lowest BCUT2D eigenvalue weighted by Gasteiger charge is -2.29. The molecule has 2 atom stereocenters. The van der Waals surface area contributed by atoms with Gasteiger partial charge in [-0.2, -0.15) is 0 Å². The highest BCUT2D eigenvalue weighted by Crippen LogP contribution is 2.23. The molecule has 0 bridgehead atoms. The number of benzene rings is 1. The van der Waals surface area contributed by atoms with Crippen molar-refractivity contribution in [3.8, 4) is 5.75 Å². The molecule has 1 amide bonds. The third kappa shape index (κ3) is 4.27. The molecule has 19 heavy (non-hydrogen) atoms. The number of ether oxygens (including phenoxy) is 1. The van der Waals surface area contributed by atoms with Gasteiger partial charge < -0.3 is 10.1 Å². The minimum atomic E-state index is -0.0145. The lowest BCUT2D eigenvalue weighted by molar-refractivity contribution is -0.124. The topological polar surface area (TPSA) is 38.3 Å². The molecule has 104 valence electrons. The van der Waals surface area contributed by atoms with Gasteiger partial charge >= 0.3 is 0 Å². The fourth-order valence-electron chi connectivity index (χ4n) is 2.56. The summed E-state index contributed by atoms with van der Waals surface area (Å²) >= 11 is 0. The van der Waals surface area contributed by atoms with Crippen LogP contribution in [0.1, 0.15) is 38.2 Å². The molecule has 0 unspecified atom stereocenters. The van der Waals surface area contributed by atoms with Crippen molar-refractivity contribution in [2.75, 3.05) is 6.61 Å². The fraction of sp³-hybridized carbons (Fsp3) is 0.562. The molecule has 1 aliphatic rings. The van der Waals surface area contributed by atoms with Gasteiger partial charge in [-0.05, 0) is 37.8 Å². The summed E-state index contributed by atoms with van der Waals surface area (Å²) in [6.45, 7) is 4.35. The number of aryl methyl sites for hydroxylation is 1. The highest BCUT2D eigenvalue weighted by Gasteiger charge is 2.22. The first-order valence-corrected chi connectivity index (χ1v) is 7.14. The van der Waals surface area contributed by atoms with Crippen LogP contribution in [0, 0.1) is 12.8 Å². The molecule has 3 nitrogen and oxygen atoms in total. The molecule has 3 heteroatoms. The highest BCUT2D eigenvalue weighted by molar-refractivity contribution is 5.77. The summed E-state index contributed by atoms with van der Waals surface area (Å²) in [5.41, 5.74) is 1.19. The standard InChI is InChI=1S/C16H23NO2/c1-12-7-9-14(10-8-12)19-11-16(18)17-15-6-4-3-5-13(15)2/h7-10,13,15H,3-6,11H2,1-2H3,(H,17,18)/t13-,15-/m0/s1. The van der Waals surface area contributed by atoms with E-state index >= 15 is 0 Å². The van der Waals surface area contributed by atoms with Crippen LogP contribution < -0.4 is 10.1 Å². The number of hydrogen-bond acceptors (Lipinski definition) is 2. The van der Waals surface area contributed by atoms with Gasteiger partial charge in [-0.15, -0.1) is 0 Å². The second kappa shape index (κ2) is 6.60. The van der Waals surface area contributed by atoms with Gasteiger partial charge in [0.1, 0.15) is 5.75 Å². The van der Waals surface area contributed by atoms with E-state index in [0.717, 1.165) is 12.2 Å². The highest BCUT2D eigenvalue weighted by atomic mass is 16.5. The first kappa shape index (κ1) is 13.9. The Bertz CT molecular complexity index is 413. The van der Waals surface area contributed by atoms with Crippen LogP contribution >= 0.6 is 0 Å². The van der Waals surface area contributed by atoms with E-state index in [1.807, 2.05) is 31.2 Å². The Hall–Kier alpha value is -1.51. The molecule has 1 fully saturated rings. The van der Waals surface area contributed by atoms with Crippen LogP contribution in [0.25, 0.3) is 0 Å². The minimum absolute atomic E-state index is 0.0145. The zero-order chi connectivity index (χ0) is 13.7. The van der Waals surface area contributed by atoms with E-state index in [4.69, 9.17) is 4.74 Å². The maximum Gasteiger partial charge on any atom is 0.258 e. The largest absolute Gasteiger partial charge is 0.484 e. The predicted molar refractivity (Wildman–Crippen MR) is 76.2 cm³/mol. The smallest absolute Gasteiger partial charge is 0.258 e. The zero-order valence-electron chi connectivity index (χ0n) is 11.8. The number of rotatable bonds is 4. The van der Waals surface area contributed by atoms with Gasteiger partial charge in [0.25, 0.3) is 5.91 Å². The number of amides is 1. The number of hydrogen-bond donors (Lipinski definition) is 1. The van der Waals surface area contributed by atoms with Crippen LogP contribution in [0.2, 0.25) is 0 Å². The minimum Gasteiger partial charge on any atom is -0.484 e. The Balaban J connectivity index is 1.76. The molecule has 2 rings (SSSR count). The lowest BCUT2D eigenvalue weighted by atomic mass is 9.86. The van der Waals surface area contributed by atoms with Gasteiger partial charge in [0.05, 0.1) is 0 Å². The van der Waals surface area contributed by atoms with Crippen LogP contribution in [0.3, 0.4) is 0 Å². The summed E-state index contributed by atoms with van der Waals surface area (Å²) in [4.78, 5) is 11.9. The molecule has 1 aliphatic carbocycles. The average molecular weight is 261 g/mol. The van der Waals surface area contributed by atoms with E-state index in [0.29, 0.717) is 12.0 Å². The molecule has 1 aromatic carbocycles. The Morgan fingerprint density at radius 1 is 1.26 bits per heavy atom. The lowest BCUT2D eigenvalue weighted by Crippen LogP contribution is -2.43. The van der Waals surface area contributed by atoms with E-state index in [-0.39, 0.29) is 12.5 Å². The van der Waals surface area contributed by atoms with Crippen molar-refractivity contribution in [2.24, 2.45) is 5.92 Å². The molecule has 0 heterocycles. The van der Waals surface area contributed by atoms with E-state index in [9.17, 15) is 4.79 Å². The van der Waals surface area contributed by atoms with E-state index < -0.39 is 0 Å². The van der Waals surface area contributed by atoms with Gasteiger partial charge in [-0.1, -0.05) is 37.5 Å². The van der Waals surface area contributed by atoms with Crippen molar-refractivity contribution in [1.29, 1.82) is 0 Å². The number of carbonyl (C=O) groups excluding carboxylic acids is 1. The summed E-state index contributed by atoms with van der Waals surface area (Å²) < 4.78 is 5.49. The Kier molecular flexibility index (Phi) is 4.83. The van der Waals surface area contributed by atoms with Crippen LogP contribution in [0.5, 0.6) is 5.75 Å². The Morgan fingerprint density at radius 2 is 1.95 bits per heavy atom. The molecule has 0 aromatic heterocycles. The van der Waals surface area contributed by atoms with Crippen LogP contribution in [-0.2, 0) is 4.79 Å². The van der Waals surface area contributed by atoms with Crippen molar-refractivity contribution >= 4 is 5.91 Å². The van der Waals surface area contributed by atoms with Gasteiger partial charge in [-0.25, -0.2) is 0 Å². The van der Waals surface area contributed by atoms with E-state index in [1.54, 1.807) is 0 Å². The molecular formula is C16H23NO2. The molecule has 1 N–H and O–H groups in total. The van der Waals surface area contributed by atoms with Gasteiger partial charge in [-0.3, -0.25) is 4.79 Å². The molecule has 0 aliphatic heterocycles. The van der Waals surface area contributed by atoms with Crippen molar-refractivity contribution < 1.29 is 9.53 Å². The third-order valence-electron chi connectivity index (χ3n) is 3.85. The monoisotopic (exact) mass is 261 g/mol. The van der Waals surface area contributed by atoms with Gasteiger partial charge in [0, 0.05) is 6.04 Å². The Labute approximate surface area is 115 Å². The van der Waals surface area contributed by atoms with Crippen molar-refractivity contribution in [3.63, 3.8) is 0 Å². The second-order valence-corrected chi connectivity index (χ2v) is 5.54. The van der Waals surface area contributed by atoms with Crippen LogP contribution in [-0.4, -0.2) is 18.6 Å². The quantitative estimate of drug-likeness (QED) is 0.904. The summed E-state index contributed by atoms with van der Waals surface area (Å²) in [6, 6.07) is 8.08. The average Bonchev–Trinajstić information content (AvgIpc) is 2.41. The molecule has 0 radical (unpaired) electrons. The molecule has 0 spiro atoms. The molecule has 1 aromatic rings. The van der Waals surface area contributed by atoms with Crippen molar-refractivity contribution in [2.45, 2.75) is 45.6 Å². The summed E-state index contributed by atoms with van der Waals surface area (Å²) in [5, 5.41) is 3.09. The predicted octanol–water partition coefficient (Wildman–Crippen LogP) is 3.07. The van der Waals surface area contributed by atoms with Crippen LogP contribution in [0.4, 0.5) is 0 Å². The maximum absolute atomic E-state index is 11.9. The first-order valence-electron chi connectivity index (χ1n) is 7.14. The van der Waals surface area contributed by atoms with Crippen molar-refractivity contribution in [3.05, 3.63) is 29.8 Å².